The zero-order chi connectivity index (χ0) is 17.9. The third-order valence-corrected chi connectivity index (χ3v) is 4.17. The highest BCUT2D eigenvalue weighted by Gasteiger charge is 2.20. The van der Waals surface area contributed by atoms with Crippen LogP contribution in [0.2, 0.25) is 0 Å². The summed E-state index contributed by atoms with van der Waals surface area (Å²) in [6.07, 6.45) is 3.71. The average molecular weight is 347 g/mol. The third-order valence-electron chi connectivity index (χ3n) is 4.17. The Hall–Kier alpha value is -1.59. The second-order valence-electron chi connectivity index (χ2n) is 7.00. The first-order valence-corrected chi connectivity index (χ1v) is 9.50. The van der Waals surface area contributed by atoms with Gasteiger partial charge >= 0.3 is 0 Å². The lowest BCUT2D eigenvalue weighted by Gasteiger charge is -2.14. The van der Waals surface area contributed by atoms with Gasteiger partial charge in [-0.15, -0.1) is 0 Å². The van der Waals surface area contributed by atoms with E-state index in [2.05, 4.69) is 60.8 Å². The van der Waals surface area contributed by atoms with E-state index in [1.807, 2.05) is 0 Å². The van der Waals surface area contributed by atoms with Gasteiger partial charge in [-0.05, 0) is 57.3 Å². The van der Waals surface area contributed by atoms with Crippen LogP contribution in [0.3, 0.4) is 0 Å². The molecule has 0 amide bonds. The van der Waals surface area contributed by atoms with Crippen LogP contribution in [-0.4, -0.2) is 51.3 Å². The van der Waals surface area contributed by atoms with E-state index >= 15 is 0 Å². The summed E-state index contributed by atoms with van der Waals surface area (Å²) < 4.78 is 5.68. The molecular formula is C20H34N4O. The van der Waals surface area contributed by atoms with Crippen LogP contribution in [0.5, 0.6) is 0 Å². The first kappa shape index (κ1) is 19.7. The lowest BCUT2D eigenvalue weighted by molar-refractivity contribution is 0.123. The topological polar surface area (TPSA) is 48.9 Å². The molecule has 0 heterocycles. The number of guanidine groups is 1. The average Bonchev–Trinajstić information content (AvgIpc) is 3.40. The van der Waals surface area contributed by atoms with Gasteiger partial charge in [0.05, 0.1) is 6.54 Å². The van der Waals surface area contributed by atoms with Gasteiger partial charge in [0.1, 0.15) is 0 Å². The van der Waals surface area contributed by atoms with Crippen molar-refractivity contribution < 1.29 is 4.74 Å². The van der Waals surface area contributed by atoms with Gasteiger partial charge in [0.15, 0.2) is 5.96 Å². The minimum absolute atomic E-state index is 0.692. The summed E-state index contributed by atoms with van der Waals surface area (Å²) in [6.45, 7) is 7.24. The smallest absolute Gasteiger partial charge is 0.191 e. The minimum atomic E-state index is 0.692. The van der Waals surface area contributed by atoms with Crippen molar-refractivity contribution in [2.24, 2.45) is 10.9 Å². The first-order chi connectivity index (χ1) is 12.2. The Bertz CT molecular complexity index is 526. The molecule has 2 N–H and O–H groups in total. The molecule has 5 nitrogen and oxygen atoms in total. The van der Waals surface area contributed by atoms with Crippen LogP contribution >= 0.6 is 0 Å². The normalized spacial score (nSPS) is 14.8. The molecule has 0 unspecified atom stereocenters. The molecule has 0 aromatic heterocycles. The molecule has 0 bridgehead atoms. The monoisotopic (exact) mass is 346 g/mol. The van der Waals surface area contributed by atoms with Crippen LogP contribution in [0.4, 0.5) is 0 Å². The SMILES string of the molecule is CCNC(=NCc1ccccc1CN(C)C)NCCCOCC1CC1. The largest absolute Gasteiger partial charge is 0.381 e. The lowest BCUT2D eigenvalue weighted by Crippen LogP contribution is -2.38. The molecule has 0 aliphatic heterocycles. The van der Waals surface area contributed by atoms with Crippen molar-refractivity contribution >= 4 is 5.96 Å². The summed E-state index contributed by atoms with van der Waals surface area (Å²) in [7, 11) is 4.19. The van der Waals surface area contributed by atoms with Crippen LogP contribution < -0.4 is 10.6 Å². The predicted octanol–water partition coefficient (Wildman–Crippen LogP) is 2.62. The van der Waals surface area contributed by atoms with Gasteiger partial charge in [0.2, 0.25) is 0 Å². The summed E-state index contributed by atoms with van der Waals surface area (Å²) in [4.78, 5) is 6.93. The highest BCUT2D eigenvalue weighted by molar-refractivity contribution is 5.79. The van der Waals surface area contributed by atoms with E-state index in [1.165, 1.54) is 24.0 Å². The molecule has 5 heteroatoms. The van der Waals surface area contributed by atoms with E-state index in [9.17, 15) is 0 Å². The Balaban J connectivity index is 1.77. The fourth-order valence-corrected chi connectivity index (χ4v) is 2.63. The number of hydrogen-bond acceptors (Lipinski definition) is 3. The van der Waals surface area contributed by atoms with Crippen LogP contribution in [0.15, 0.2) is 29.3 Å². The molecule has 0 spiro atoms. The summed E-state index contributed by atoms with van der Waals surface area (Å²) in [5, 5.41) is 6.72. The maximum atomic E-state index is 5.68. The Morgan fingerprint density at radius 1 is 1.20 bits per heavy atom. The van der Waals surface area contributed by atoms with E-state index in [4.69, 9.17) is 9.73 Å². The molecule has 0 radical (unpaired) electrons. The number of aliphatic imine (C=N–C) groups is 1. The van der Waals surface area contributed by atoms with E-state index in [1.54, 1.807) is 0 Å². The van der Waals surface area contributed by atoms with Gasteiger partial charge in [-0.3, -0.25) is 0 Å². The number of rotatable bonds is 11. The fraction of sp³-hybridized carbons (Fsp3) is 0.650. The molecule has 0 atom stereocenters. The molecule has 1 aliphatic rings. The number of ether oxygens (including phenoxy) is 1. The van der Waals surface area contributed by atoms with Gasteiger partial charge in [-0.25, -0.2) is 4.99 Å². The molecule has 1 saturated carbocycles. The number of hydrogen-bond donors (Lipinski definition) is 2. The first-order valence-electron chi connectivity index (χ1n) is 9.50. The summed E-state index contributed by atoms with van der Waals surface area (Å²) in [6, 6.07) is 8.53. The molecule has 1 aromatic rings. The fourth-order valence-electron chi connectivity index (χ4n) is 2.63. The zero-order valence-corrected chi connectivity index (χ0v) is 16.1. The van der Waals surface area contributed by atoms with Gasteiger partial charge in [0, 0.05) is 32.8 Å². The number of benzene rings is 1. The molecule has 1 fully saturated rings. The lowest BCUT2D eigenvalue weighted by atomic mass is 10.1. The molecule has 1 aromatic carbocycles. The van der Waals surface area contributed by atoms with Crippen molar-refractivity contribution in [3.63, 3.8) is 0 Å². The summed E-state index contributed by atoms with van der Waals surface area (Å²) >= 11 is 0. The maximum absolute atomic E-state index is 5.68. The van der Waals surface area contributed by atoms with Crippen molar-refractivity contribution in [1.82, 2.24) is 15.5 Å². The van der Waals surface area contributed by atoms with Crippen molar-refractivity contribution in [2.45, 2.75) is 39.3 Å². The Kier molecular flexibility index (Phi) is 8.77. The van der Waals surface area contributed by atoms with Crippen molar-refractivity contribution in [2.75, 3.05) is 40.4 Å². The van der Waals surface area contributed by atoms with Crippen molar-refractivity contribution in [1.29, 1.82) is 0 Å². The summed E-state index contributed by atoms with van der Waals surface area (Å²) in [5.74, 6) is 1.72. The Morgan fingerprint density at radius 2 is 1.96 bits per heavy atom. The van der Waals surface area contributed by atoms with E-state index in [-0.39, 0.29) is 0 Å². The molecule has 140 valence electrons. The minimum Gasteiger partial charge on any atom is -0.381 e. The van der Waals surface area contributed by atoms with E-state index < -0.39 is 0 Å². The van der Waals surface area contributed by atoms with Gasteiger partial charge < -0.3 is 20.3 Å². The summed E-state index contributed by atoms with van der Waals surface area (Å²) in [5.41, 5.74) is 2.61. The van der Waals surface area contributed by atoms with Crippen LogP contribution in [0, 0.1) is 5.92 Å². The van der Waals surface area contributed by atoms with Crippen molar-refractivity contribution in [3.05, 3.63) is 35.4 Å². The predicted molar refractivity (Wildman–Crippen MR) is 105 cm³/mol. The quantitative estimate of drug-likeness (QED) is 0.367. The number of nitrogens with one attached hydrogen (secondary N) is 2. The molecule has 25 heavy (non-hydrogen) atoms. The Labute approximate surface area is 152 Å². The second-order valence-corrected chi connectivity index (χ2v) is 7.00. The molecule has 1 aliphatic carbocycles. The number of nitrogens with zero attached hydrogens (tertiary/aromatic N) is 2. The van der Waals surface area contributed by atoms with Gasteiger partial charge in [-0.1, -0.05) is 24.3 Å². The Morgan fingerprint density at radius 3 is 2.64 bits per heavy atom. The third kappa shape index (κ3) is 8.36. The maximum Gasteiger partial charge on any atom is 0.191 e. The second kappa shape index (κ2) is 11.1. The van der Waals surface area contributed by atoms with Gasteiger partial charge in [0.25, 0.3) is 0 Å². The van der Waals surface area contributed by atoms with Crippen LogP contribution in [0.1, 0.15) is 37.3 Å². The zero-order valence-electron chi connectivity index (χ0n) is 16.1. The highest BCUT2D eigenvalue weighted by Crippen LogP contribution is 2.28. The molecule has 2 rings (SSSR count). The molecule has 0 saturated heterocycles. The molecular weight excluding hydrogens is 312 g/mol. The van der Waals surface area contributed by atoms with E-state index in [0.29, 0.717) is 6.54 Å². The van der Waals surface area contributed by atoms with Crippen molar-refractivity contribution in [3.8, 4) is 0 Å². The standard InChI is InChI=1S/C20H34N4O/c1-4-21-20(22-12-7-13-25-16-17-10-11-17)23-14-18-8-5-6-9-19(18)15-24(2)3/h5-6,8-9,17H,4,7,10-16H2,1-3H3,(H2,21,22,23). The highest BCUT2D eigenvalue weighted by atomic mass is 16.5. The van der Waals surface area contributed by atoms with E-state index in [0.717, 1.165) is 51.1 Å². The van der Waals surface area contributed by atoms with Gasteiger partial charge in [-0.2, -0.15) is 0 Å². The van der Waals surface area contributed by atoms with Crippen LogP contribution in [0.25, 0.3) is 0 Å². The van der Waals surface area contributed by atoms with Crippen LogP contribution in [-0.2, 0) is 17.8 Å².